The Kier molecular flexibility index (Phi) is 3.90. The van der Waals surface area contributed by atoms with Gasteiger partial charge in [0.05, 0.1) is 0 Å². The second kappa shape index (κ2) is 5.21. The number of nitrogens with one attached hydrogen (secondary N) is 1. The van der Waals surface area contributed by atoms with Gasteiger partial charge in [-0.2, -0.15) is 0 Å². The molecule has 1 heterocycles. The van der Waals surface area contributed by atoms with Crippen molar-refractivity contribution in [2.24, 2.45) is 11.8 Å². The van der Waals surface area contributed by atoms with Gasteiger partial charge in [0.15, 0.2) is 5.12 Å². The van der Waals surface area contributed by atoms with Gasteiger partial charge in [0.25, 0.3) is 0 Å². The minimum absolute atomic E-state index is 0.0102. The summed E-state index contributed by atoms with van der Waals surface area (Å²) in [7, 11) is 0. The third-order valence-electron chi connectivity index (χ3n) is 3.07. The van der Waals surface area contributed by atoms with Gasteiger partial charge < -0.3 is 5.32 Å². The summed E-state index contributed by atoms with van der Waals surface area (Å²) in [5.74, 6) is 0.394. The average Bonchev–Trinajstić information content (AvgIpc) is 2.69. The van der Waals surface area contributed by atoms with Crippen LogP contribution in [0.15, 0.2) is 24.3 Å². The third-order valence-corrected chi connectivity index (χ3v) is 3.65. The van der Waals surface area contributed by atoms with Gasteiger partial charge >= 0.3 is 0 Å². The van der Waals surface area contributed by atoms with Crippen molar-refractivity contribution in [3.8, 4) is 0 Å². The molecular formula is C12H14ClNOS. The summed E-state index contributed by atoms with van der Waals surface area (Å²) in [6.07, 6.45) is 0.904. The van der Waals surface area contributed by atoms with E-state index in [0.29, 0.717) is 5.92 Å². The Morgan fingerprint density at radius 2 is 2.06 bits per heavy atom. The van der Waals surface area contributed by atoms with E-state index in [-0.39, 0.29) is 11.0 Å². The first-order valence-electron chi connectivity index (χ1n) is 5.35. The van der Waals surface area contributed by atoms with Crippen LogP contribution in [-0.2, 0) is 11.2 Å². The highest BCUT2D eigenvalue weighted by Gasteiger charge is 2.30. The number of hydrogen-bond acceptors (Lipinski definition) is 2. The summed E-state index contributed by atoms with van der Waals surface area (Å²) in [6.45, 7) is 1.64. The predicted octanol–water partition coefficient (Wildman–Crippen LogP) is 2.17. The van der Waals surface area contributed by atoms with E-state index in [1.165, 1.54) is 5.56 Å². The molecule has 0 bridgehead atoms. The fourth-order valence-corrected chi connectivity index (χ4v) is 2.59. The fraction of sp³-hybridized carbons (Fsp3) is 0.417. The number of halogens is 1. The van der Waals surface area contributed by atoms with Crippen LogP contribution in [-0.4, -0.2) is 18.2 Å². The van der Waals surface area contributed by atoms with Gasteiger partial charge in [0.2, 0.25) is 0 Å². The van der Waals surface area contributed by atoms with E-state index in [1.54, 1.807) is 0 Å². The zero-order valence-electron chi connectivity index (χ0n) is 8.82. The Morgan fingerprint density at radius 1 is 1.38 bits per heavy atom. The lowest BCUT2D eigenvalue weighted by Gasteiger charge is -2.15. The number of carbonyl (C=O) groups excluding carboxylic acids is 1. The van der Waals surface area contributed by atoms with E-state index in [4.69, 9.17) is 11.6 Å². The summed E-state index contributed by atoms with van der Waals surface area (Å²) in [4.78, 5) is 11.3. The van der Waals surface area contributed by atoms with Gasteiger partial charge in [-0.1, -0.05) is 23.7 Å². The first-order valence-corrected chi connectivity index (χ1v) is 6.17. The second-order valence-electron chi connectivity index (χ2n) is 4.19. The molecule has 1 saturated heterocycles. The molecule has 2 rings (SSSR count). The maximum absolute atomic E-state index is 11.3. The quantitative estimate of drug-likeness (QED) is 0.811. The van der Waals surface area contributed by atoms with Crippen LogP contribution in [0.4, 0.5) is 0 Å². The van der Waals surface area contributed by atoms with Crippen molar-refractivity contribution >= 4 is 29.3 Å². The highest BCUT2D eigenvalue weighted by atomic mass is 35.5. The number of rotatable bonds is 3. The Hall–Kier alpha value is -0.510. The topological polar surface area (TPSA) is 29.1 Å². The first-order chi connectivity index (χ1) is 7.66. The number of hydrogen-bond donors (Lipinski definition) is 2. The minimum Gasteiger partial charge on any atom is -0.316 e. The molecule has 86 valence electrons. The van der Waals surface area contributed by atoms with Crippen molar-refractivity contribution < 1.29 is 4.79 Å². The molecule has 1 aliphatic heterocycles. The van der Waals surface area contributed by atoms with E-state index in [1.807, 2.05) is 24.3 Å². The molecule has 0 amide bonds. The minimum atomic E-state index is -0.0102. The van der Waals surface area contributed by atoms with E-state index in [9.17, 15) is 4.79 Å². The Balaban J connectivity index is 2.03. The zero-order chi connectivity index (χ0) is 11.5. The molecule has 2 nitrogen and oxygen atoms in total. The molecule has 0 radical (unpaired) electrons. The SMILES string of the molecule is O=C(S)C1CNCC1Cc1ccc(Cl)cc1. The lowest BCUT2D eigenvalue weighted by atomic mass is 9.90. The van der Waals surface area contributed by atoms with Gasteiger partial charge in [-0.25, -0.2) is 0 Å². The summed E-state index contributed by atoms with van der Waals surface area (Å²) in [6, 6.07) is 7.80. The predicted molar refractivity (Wildman–Crippen MR) is 69.0 cm³/mol. The average molecular weight is 256 g/mol. The molecule has 1 aromatic carbocycles. The summed E-state index contributed by atoms with van der Waals surface area (Å²) in [5.41, 5.74) is 1.22. The number of thiol groups is 1. The fourth-order valence-electron chi connectivity index (χ4n) is 2.16. The van der Waals surface area contributed by atoms with Gasteiger partial charge in [0, 0.05) is 17.5 Å². The van der Waals surface area contributed by atoms with E-state index >= 15 is 0 Å². The van der Waals surface area contributed by atoms with Crippen LogP contribution < -0.4 is 5.32 Å². The summed E-state index contributed by atoms with van der Waals surface area (Å²) >= 11 is 9.76. The maximum atomic E-state index is 11.3. The Bertz CT molecular complexity index is 379. The number of benzene rings is 1. The molecule has 0 aromatic heterocycles. The van der Waals surface area contributed by atoms with Gasteiger partial charge in [-0.15, -0.1) is 12.6 Å². The van der Waals surface area contributed by atoms with Gasteiger partial charge in [-0.05, 0) is 36.6 Å². The Morgan fingerprint density at radius 3 is 2.69 bits per heavy atom. The summed E-state index contributed by atoms with van der Waals surface area (Å²) in [5, 5.41) is 3.97. The van der Waals surface area contributed by atoms with Crippen LogP contribution in [0.25, 0.3) is 0 Å². The van der Waals surface area contributed by atoms with Crippen LogP contribution in [0.1, 0.15) is 5.56 Å². The standard InChI is InChI=1S/C12H14ClNOS/c13-10-3-1-8(2-4-10)5-9-6-14-7-11(9)12(15)16/h1-4,9,11,14H,5-7H2,(H,15,16). The van der Waals surface area contributed by atoms with Crippen molar-refractivity contribution in [3.63, 3.8) is 0 Å². The molecule has 1 aliphatic rings. The van der Waals surface area contributed by atoms with Crippen LogP contribution in [0.3, 0.4) is 0 Å². The maximum Gasteiger partial charge on any atom is 0.190 e. The molecule has 0 saturated carbocycles. The molecule has 1 fully saturated rings. The van der Waals surface area contributed by atoms with Crippen molar-refractivity contribution in [2.45, 2.75) is 6.42 Å². The van der Waals surface area contributed by atoms with Crippen LogP contribution >= 0.6 is 24.2 Å². The van der Waals surface area contributed by atoms with Gasteiger partial charge in [-0.3, -0.25) is 4.79 Å². The van der Waals surface area contributed by atoms with Crippen molar-refractivity contribution in [1.82, 2.24) is 5.32 Å². The third kappa shape index (κ3) is 2.78. The van der Waals surface area contributed by atoms with Crippen LogP contribution in [0, 0.1) is 11.8 Å². The smallest absolute Gasteiger partial charge is 0.190 e. The van der Waals surface area contributed by atoms with Crippen LogP contribution in [0.2, 0.25) is 5.02 Å². The zero-order valence-corrected chi connectivity index (χ0v) is 10.5. The first kappa shape index (κ1) is 12.0. The normalized spacial score (nSPS) is 24.6. The highest BCUT2D eigenvalue weighted by Crippen LogP contribution is 2.24. The van der Waals surface area contributed by atoms with Crippen LogP contribution in [0.5, 0.6) is 0 Å². The highest BCUT2D eigenvalue weighted by molar-refractivity contribution is 7.96. The van der Waals surface area contributed by atoms with Crippen molar-refractivity contribution in [2.75, 3.05) is 13.1 Å². The molecular weight excluding hydrogens is 242 g/mol. The molecule has 0 spiro atoms. The lowest BCUT2D eigenvalue weighted by Crippen LogP contribution is -2.20. The van der Waals surface area contributed by atoms with E-state index < -0.39 is 0 Å². The molecule has 0 aliphatic carbocycles. The number of carbonyl (C=O) groups is 1. The van der Waals surface area contributed by atoms with Crippen molar-refractivity contribution in [3.05, 3.63) is 34.9 Å². The van der Waals surface area contributed by atoms with E-state index in [0.717, 1.165) is 24.5 Å². The largest absolute Gasteiger partial charge is 0.316 e. The van der Waals surface area contributed by atoms with E-state index in [2.05, 4.69) is 17.9 Å². The molecule has 2 atom stereocenters. The molecule has 2 unspecified atom stereocenters. The molecule has 1 N–H and O–H groups in total. The van der Waals surface area contributed by atoms with Gasteiger partial charge in [0.1, 0.15) is 0 Å². The summed E-state index contributed by atoms with van der Waals surface area (Å²) < 4.78 is 0. The molecule has 1 aromatic rings. The lowest BCUT2D eigenvalue weighted by molar-refractivity contribution is -0.114. The monoisotopic (exact) mass is 255 g/mol. The molecule has 4 heteroatoms. The van der Waals surface area contributed by atoms with Crippen molar-refractivity contribution in [1.29, 1.82) is 0 Å². The molecule has 16 heavy (non-hydrogen) atoms. The second-order valence-corrected chi connectivity index (χ2v) is 5.07. The Labute approximate surface area is 106 Å².